The molecule has 2 atom stereocenters. The molecule has 4 rings (SSSR count). The summed E-state index contributed by atoms with van der Waals surface area (Å²) in [5.74, 6) is 0. The molecule has 1 fully saturated rings. The summed E-state index contributed by atoms with van der Waals surface area (Å²) in [5, 5.41) is 4.81. The van der Waals surface area contributed by atoms with E-state index in [1.807, 2.05) is 0 Å². The van der Waals surface area contributed by atoms with Crippen molar-refractivity contribution >= 4 is 21.5 Å². The van der Waals surface area contributed by atoms with Crippen LogP contribution in [-0.4, -0.2) is 40.6 Å². The van der Waals surface area contributed by atoms with Crippen molar-refractivity contribution in [2.75, 3.05) is 6.61 Å². The molecule has 1 aliphatic rings. The lowest BCUT2D eigenvalue weighted by Gasteiger charge is -2.15. The van der Waals surface area contributed by atoms with Crippen molar-refractivity contribution in [3.05, 3.63) is 42.5 Å². The van der Waals surface area contributed by atoms with Crippen LogP contribution in [0.15, 0.2) is 36.9 Å². The molecule has 0 saturated carbocycles. The number of benzene rings is 1. The molecule has 2 N–H and O–H groups in total. The Morgan fingerprint density at radius 1 is 1.20 bits per heavy atom. The number of alkyl halides is 3. The largest absolute Gasteiger partial charge is 0.417 e. The number of ether oxygens (including phenoxy) is 1. The summed E-state index contributed by atoms with van der Waals surface area (Å²) in [6, 6.07) is 5.11. The van der Waals surface area contributed by atoms with Crippen molar-refractivity contribution in [3.8, 4) is 11.3 Å². The third kappa shape index (κ3) is 4.14. The van der Waals surface area contributed by atoms with Crippen LogP contribution < -0.4 is 5.14 Å². The maximum absolute atomic E-state index is 13.4. The molecule has 3 heterocycles. The minimum absolute atomic E-state index is 0.0544. The highest BCUT2D eigenvalue weighted by atomic mass is 32.2. The van der Waals surface area contributed by atoms with Gasteiger partial charge in [0.2, 0.25) is 0 Å². The van der Waals surface area contributed by atoms with Crippen molar-refractivity contribution in [3.63, 3.8) is 0 Å². The van der Waals surface area contributed by atoms with Crippen LogP contribution in [0, 0.1) is 0 Å². The molecule has 13 heteroatoms. The van der Waals surface area contributed by atoms with Crippen LogP contribution >= 0.6 is 0 Å². The van der Waals surface area contributed by atoms with Gasteiger partial charge in [0.25, 0.3) is 0 Å². The van der Waals surface area contributed by atoms with Gasteiger partial charge in [0, 0.05) is 5.56 Å². The van der Waals surface area contributed by atoms with Crippen molar-refractivity contribution in [2.24, 2.45) is 5.14 Å². The molecule has 1 aliphatic heterocycles. The number of nitrogens with two attached hydrogens (primary N) is 1. The van der Waals surface area contributed by atoms with E-state index in [1.54, 1.807) is 4.57 Å². The third-order valence-electron chi connectivity index (χ3n) is 4.66. The van der Waals surface area contributed by atoms with Gasteiger partial charge in [-0.2, -0.15) is 21.6 Å². The van der Waals surface area contributed by atoms with Crippen molar-refractivity contribution in [1.29, 1.82) is 0 Å². The van der Waals surface area contributed by atoms with E-state index < -0.39 is 34.4 Å². The van der Waals surface area contributed by atoms with Gasteiger partial charge >= 0.3 is 16.5 Å². The van der Waals surface area contributed by atoms with Crippen LogP contribution in [0.5, 0.6) is 0 Å². The first kappa shape index (κ1) is 20.7. The molecule has 0 radical (unpaired) electrons. The second kappa shape index (κ2) is 7.58. The molecule has 9 nitrogen and oxygen atoms in total. The van der Waals surface area contributed by atoms with Crippen molar-refractivity contribution in [2.45, 2.75) is 31.3 Å². The smallest absolute Gasteiger partial charge is 0.352 e. The Kier molecular flexibility index (Phi) is 5.22. The van der Waals surface area contributed by atoms with Crippen LogP contribution in [0.3, 0.4) is 0 Å². The zero-order valence-corrected chi connectivity index (χ0v) is 16.1. The Bertz CT molecular complexity index is 1180. The monoisotopic (exact) mass is 443 g/mol. The lowest BCUT2D eigenvalue weighted by Crippen LogP contribution is -2.23. The Labute approximate surface area is 168 Å². The molecular formula is C17H16F3N5O4S. The van der Waals surface area contributed by atoms with Crippen molar-refractivity contribution in [1.82, 2.24) is 19.5 Å². The molecule has 2 aromatic heterocycles. The van der Waals surface area contributed by atoms with E-state index in [9.17, 15) is 21.6 Å². The zero-order valence-electron chi connectivity index (χ0n) is 15.3. The van der Waals surface area contributed by atoms with Gasteiger partial charge in [-0.15, -0.1) is 0 Å². The molecule has 0 unspecified atom stereocenters. The number of hydrogen-bond acceptors (Lipinski definition) is 7. The van der Waals surface area contributed by atoms with Crippen LogP contribution in [0.4, 0.5) is 13.2 Å². The summed E-state index contributed by atoms with van der Waals surface area (Å²) in [6.07, 6.45) is -2.03. The standard InChI is InChI=1S/C17H16F3N5O4S/c18-17(19,20)12-4-2-1-3-11(12)14-15-16(23-8-22-14)25(9-24-15)13-6-5-10(29-13)7-28-30(21,26)27/h1-4,8-10,13H,5-7H2,(H2,21,26,27)/t10-,13+/m0/s1. The quantitative estimate of drug-likeness (QED) is 0.642. The molecule has 1 aromatic carbocycles. The Hall–Kier alpha value is -2.61. The minimum atomic E-state index is -4.55. The van der Waals surface area contributed by atoms with Gasteiger partial charge in [0.15, 0.2) is 5.65 Å². The first-order valence-corrected chi connectivity index (χ1v) is 10.3. The molecular weight excluding hydrogens is 427 g/mol. The minimum Gasteiger partial charge on any atom is -0.352 e. The molecule has 3 aromatic rings. The topological polar surface area (TPSA) is 122 Å². The van der Waals surface area contributed by atoms with Crippen LogP contribution in [-0.2, 0) is 25.4 Å². The number of halogens is 3. The molecule has 1 saturated heterocycles. The van der Waals surface area contributed by atoms with E-state index in [0.29, 0.717) is 18.5 Å². The molecule has 0 spiro atoms. The molecule has 30 heavy (non-hydrogen) atoms. The number of aromatic nitrogens is 4. The van der Waals surface area contributed by atoms with Crippen LogP contribution in [0.1, 0.15) is 24.6 Å². The maximum atomic E-state index is 13.4. The number of hydrogen-bond donors (Lipinski definition) is 1. The summed E-state index contributed by atoms with van der Waals surface area (Å²) in [6.45, 7) is -0.235. The summed E-state index contributed by atoms with van der Waals surface area (Å²) < 4.78 is 74.1. The van der Waals surface area contributed by atoms with Gasteiger partial charge in [-0.1, -0.05) is 18.2 Å². The first-order valence-electron chi connectivity index (χ1n) is 8.80. The lowest BCUT2D eigenvalue weighted by molar-refractivity contribution is -0.137. The molecule has 160 valence electrons. The van der Waals surface area contributed by atoms with Crippen molar-refractivity contribution < 1.29 is 30.5 Å². The predicted molar refractivity (Wildman–Crippen MR) is 98.0 cm³/mol. The van der Waals surface area contributed by atoms with Gasteiger partial charge in [-0.3, -0.25) is 8.75 Å². The summed E-state index contributed by atoms with van der Waals surface area (Å²) in [4.78, 5) is 12.4. The van der Waals surface area contributed by atoms with E-state index in [4.69, 9.17) is 9.88 Å². The highest BCUT2D eigenvalue weighted by Crippen LogP contribution is 2.38. The number of rotatable bonds is 5. The second-order valence-electron chi connectivity index (χ2n) is 6.66. The summed E-state index contributed by atoms with van der Waals surface area (Å²) in [5.41, 5.74) is -0.373. The average Bonchev–Trinajstić information content (AvgIpc) is 3.31. The summed E-state index contributed by atoms with van der Waals surface area (Å²) in [7, 11) is -4.08. The van der Waals surface area contributed by atoms with Crippen LogP contribution in [0.25, 0.3) is 22.4 Å². The average molecular weight is 443 g/mol. The van der Waals surface area contributed by atoms with Gasteiger partial charge in [0.05, 0.1) is 24.6 Å². The Balaban J connectivity index is 1.66. The van der Waals surface area contributed by atoms with E-state index >= 15 is 0 Å². The highest BCUT2D eigenvalue weighted by Gasteiger charge is 2.35. The molecule has 0 amide bonds. The molecule has 0 aliphatic carbocycles. The maximum Gasteiger partial charge on any atom is 0.417 e. The Morgan fingerprint density at radius 3 is 2.70 bits per heavy atom. The lowest BCUT2D eigenvalue weighted by atomic mass is 10.0. The van der Waals surface area contributed by atoms with E-state index in [1.165, 1.54) is 30.9 Å². The second-order valence-corrected chi connectivity index (χ2v) is 7.88. The van der Waals surface area contributed by atoms with E-state index in [2.05, 4.69) is 19.1 Å². The Morgan fingerprint density at radius 2 is 1.97 bits per heavy atom. The molecule has 0 bridgehead atoms. The number of fused-ring (bicyclic) bond motifs is 1. The van der Waals surface area contributed by atoms with Gasteiger partial charge in [-0.05, 0) is 18.9 Å². The fraction of sp³-hybridized carbons (Fsp3) is 0.353. The summed E-state index contributed by atoms with van der Waals surface area (Å²) >= 11 is 0. The van der Waals surface area contributed by atoms with Gasteiger partial charge in [-0.25, -0.2) is 20.1 Å². The van der Waals surface area contributed by atoms with Gasteiger partial charge < -0.3 is 4.74 Å². The highest BCUT2D eigenvalue weighted by molar-refractivity contribution is 7.84. The third-order valence-corrected chi connectivity index (χ3v) is 5.12. The van der Waals surface area contributed by atoms with Crippen LogP contribution in [0.2, 0.25) is 0 Å². The van der Waals surface area contributed by atoms with Gasteiger partial charge in [0.1, 0.15) is 23.8 Å². The predicted octanol–water partition coefficient (Wildman–Crippen LogP) is 2.41. The zero-order chi connectivity index (χ0) is 21.5. The fourth-order valence-corrected chi connectivity index (χ4v) is 3.72. The van der Waals surface area contributed by atoms with E-state index in [0.717, 1.165) is 6.07 Å². The fourth-order valence-electron chi connectivity index (χ4n) is 3.38. The normalized spacial score (nSPS) is 20.1. The number of imidazole rings is 1. The SMILES string of the molecule is NS(=O)(=O)OC[C@@H]1CC[C@H](n2cnc3c(-c4ccccc4C(F)(F)F)ncnc32)O1. The first-order chi connectivity index (χ1) is 14.1. The number of nitrogens with zero attached hydrogens (tertiary/aromatic N) is 4. The van der Waals surface area contributed by atoms with E-state index in [-0.39, 0.29) is 23.4 Å².